The lowest BCUT2D eigenvalue weighted by atomic mass is 10.2. The van der Waals surface area contributed by atoms with Gasteiger partial charge in [0.15, 0.2) is 0 Å². The van der Waals surface area contributed by atoms with Crippen molar-refractivity contribution in [2.24, 2.45) is 5.10 Å². The Kier molecular flexibility index (Phi) is 7.16. The molecular formula is C18H18BrN3O3. The summed E-state index contributed by atoms with van der Waals surface area (Å²) in [4.78, 5) is 23.5. The molecule has 6 nitrogen and oxygen atoms in total. The SMILES string of the molecule is COc1cccc(/C=N\NC(=O)CCC(=O)Nc2ccc(Br)cc2)c1. The average Bonchev–Trinajstić information content (AvgIpc) is 2.62. The molecule has 0 saturated heterocycles. The number of halogens is 1. The molecule has 2 aromatic carbocycles. The van der Waals surface area contributed by atoms with Gasteiger partial charge in [0.05, 0.1) is 13.3 Å². The van der Waals surface area contributed by atoms with Crippen molar-refractivity contribution >= 4 is 39.6 Å². The monoisotopic (exact) mass is 403 g/mol. The van der Waals surface area contributed by atoms with E-state index in [1.807, 2.05) is 30.3 Å². The zero-order chi connectivity index (χ0) is 18.1. The molecule has 25 heavy (non-hydrogen) atoms. The molecule has 0 aliphatic carbocycles. The molecule has 0 fully saturated rings. The summed E-state index contributed by atoms with van der Waals surface area (Å²) in [6.45, 7) is 0. The molecule has 0 saturated carbocycles. The summed E-state index contributed by atoms with van der Waals surface area (Å²) >= 11 is 3.32. The summed E-state index contributed by atoms with van der Waals surface area (Å²) in [7, 11) is 1.58. The van der Waals surface area contributed by atoms with Gasteiger partial charge in [-0.05, 0) is 42.0 Å². The first kappa shape index (κ1) is 18.7. The van der Waals surface area contributed by atoms with Crippen LogP contribution in [0.2, 0.25) is 0 Å². The van der Waals surface area contributed by atoms with Crippen molar-refractivity contribution in [2.45, 2.75) is 12.8 Å². The van der Waals surface area contributed by atoms with E-state index in [4.69, 9.17) is 4.74 Å². The van der Waals surface area contributed by atoms with Crippen LogP contribution in [0.3, 0.4) is 0 Å². The molecular weight excluding hydrogens is 386 g/mol. The first-order valence-corrected chi connectivity index (χ1v) is 8.37. The first-order valence-electron chi connectivity index (χ1n) is 7.58. The number of hydrazone groups is 1. The van der Waals surface area contributed by atoms with Crippen LogP contribution in [0, 0.1) is 0 Å². The van der Waals surface area contributed by atoms with Crippen LogP contribution in [-0.2, 0) is 9.59 Å². The van der Waals surface area contributed by atoms with Gasteiger partial charge in [-0.3, -0.25) is 9.59 Å². The molecule has 2 amide bonds. The highest BCUT2D eigenvalue weighted by Gasteiger charge is 2.06. The highest BCUT2D eigenvalue weighted by atomic mass is 79.9. The topological polar surface area (TPSA) is 79.8 Å². The number of amides is 2. The standard InChI is InChI=1S/C18H18BrN3O3/c1-25-16-4-2-3-13(11-16)12-20-22-18(24)10-9-17(23)21-15-7-5-14(19)6-8-15/h2-8,11-12H,9-10H2,1H3,(H,21,23)(H,22,24)/b20-12-. The van der Waals surface area contributed by atoms with Crippen LogP contribution in [0.25, 0.3) is 0 Å². The number of carbonyl (C=O) groups excluding carboxylic acids is 2. The second-order valence-corrected chi connectivity index (χ2v) is 6.04. The van der Waals surface area contributed by atoms with Crippen LogP contribution in [0.5, 0.6) is 5.75 Å². The summed E-state index contributed by atoms with van der Waals surface area (Å²) in [5, 5.41) is 6.60. The van der Waals surface area contributed by atoms with E-state index in [0.717, 1.165) is 10.0 Å². The van der Waals surface area contributed by atoms with Crippen molar-refractivity contribution in [3.63, 3.8) is 0 Å². The molecule has 0 aromatic heterocycles. The minimum absolute atomic E-state index is 0.0534. The van der Waals surface area contributed by atoms with Gasteiger partial charge < -0.3 is 10.1 Å². The maximum Gasteiger partial charge on any atom is 0.240 e. The van der Waals surface area contributed by atoms with E-state index < -0.39 is 0 Å². The summed E-state index contributed by atoms with van der Waals surface area (Å²) in [5.74, 6) is 0.152. The molecule has 7 heteroatoms. The van der Waals surface area contributed by atoms with Crippen LogP contribution in [0.4, 0.5) is 5.69 Å². The van der Waals surface area contributed by atoms with Crippen molar-refractivity contribution in [1.29, 1.82) is 0 Å². The Labute approximate surface area is 154 Å². The molecule has 0 radical (unpaired) electrons. The summed E-state index contributed by atoms with van der Waals surface area (Å²) in [5.41, 5.74) is 3.88. The zero-order valence-electron chi connectivity index (χ0n) is 13.7. The fourth-order valence-electron chi connectivity index (χ4n) is 1.94. The molecule has 0 bridgehead atoms. The highest BCUT2D eigenvalue weighted by Crippen LogP contribution is 2.14. The number of benzene rings is 2. The molecule has 0 heterocycles. The number of methoxy groups -OCH3 is 1. The second-order valence-electron chi connectivity index (χ2n) is 5.12. The van der Waals surface area contributed by atoms with Gasteiger partial charge in [0, 0.05) is 23.0 Å². The molecule has 130 valence electrons. The maximum atomic E-state index is 11.8. The lowest BCUT2D eigenvalue weighted by Crippen LogP contribution is -2.20. The molecule has 0 aliphatic heterocycles. The summed E-state index contributed by atoms with van der Waals surface area (Å²) < 4.78 is 6.04. The molecule has 2 aromatic rings. The van der Waals surface area contributed by atoms with Gasteiger partial charge in [-0.25, -0.2) is 5.43 Å². The van der Waals surface area contributed by atoms with Gasteiger partial charge in [0.25, 0.3) is 0 Å². The number of rotatable bonds is 7. The van der Waals surface area contributed by atoms with E-state index in [1.165, 1.54) is 6.21 Å². The van der Waals surface area contributed by atoms with Gasteiger partial charge in [-0.15, -0.1) is 0 Å². The van der Waals surface area contributed by atoms with Gasteiger partial charge >= 0.3 is 0 Å². The lowest BCUT2D eigenvalue weighted by molar-refractivity contribution is -0.124. The molecule has 2 N–H and O–H groups in total. The smallest absolute Gasteiger partial charge is 0.240 e. The quantitative estimate of drug-likeness (QED) is 0.549. The van der Waals surface area contributed by atoms with Crippen molar-refractivity contribution in [3.05, 3.63) is 58.6 Å². The lowest BCUT2D eigenvalue weighted by Gasteiger charge is -2.05. The highest BCUT2D eigenvalue weighted by molar-refractivity contribution is 9.10. The van der Waals surface area contributed by atoms with E-state index in [0.29, 0.717) is 11.4 Å². The fourth-order valence-corrected chi connectivity index (χ4v) is 2.20. The number of nitrogens with one attached hydrogen (secondary N) is 2. The molecule has 0 spiro atoms. The normalized spacial score (nSPS) is 10.5. The minimum atomic E-state index is -0.329. The third-order valence-corrected chi connectivity index (χ3v) is 3.73. The van der Waals surface area contributed by atoms with E-state index >= 15 is 0 Å². The van der Waals surface area contributed by atoms with Gasteiger partial charge in [0.1, 0.15) is 5.75 Å². The van der Waals surface area contributed by atoms with E-state index in [2.05, 4.69) is 31.8 Å². The number of ether oxygens (including phenoxy) is 1. The predicted octanol–water partition coefficient (Wildman–Crippen LogP) is 3.33. The summed E-state index contributed by atoms with van der Waals surface area (Å²) in [6, 6.07) is 14.5. The molecule has 0 unspecified atom stereocenters. The van der Waals surface area contributed by atoms with Gasteiger partial charge in [-0.2, -0.15) is 5.10 Å². The average molecular weight is 404 g/mol. The Balaban J connectivity index is 1.73. The third-order valence-electron chi connectivity index (χ3n) is 3.20. The second kappa shape index (κ2) is 9.58. The molecule has 2 rings (SSSR count). The largest absolute Gasteiger partial charge is 0.497 e. The number of carbonyl (C=O) groups is 2. The van der Waals surface area contributed by atoms with E-state index in [1.54, 1.807) is 25.3 Å². The van der Waals surface area contributed by atoms with Crippen molar-refractivity contribution in [2.75, 3.05) is 12.4 Å². The van der Waals surface area contributed by atoms with Crippen LogP contribution in [-0.4, -0.2) is 25.1 Å². The van der Waals surface area contributed by atoms with Crippen LogP contribution in [0.1, 0.15) is 18.4 Å². The van der Waals surface area contributed by atoms with E-state index in [9.17, 15) is 9.59 Å². The van der Waals surface area contributed by atoms with Crippen LogP contribution in [0.15, 0.2) is 58.1 Å². The number of hydrogen-bond donors (Lipinski definition) is 2. The van der Waals surface area contributed by atoms with Crippen LogP contribution < -0.4 is 15.5 Å². The number of hydrogen-bond acceptors (Lipinski definition) is 4. The zero-order valence-corrected chi connectivity index (χ0v) is 15.2. The Hall–Kier alpha value is -2.67. The Morgan fingerprint density at radius 3 is 2.56 bits per heavy atom. The van der Waals surface area contributed by atoms with Crippen LogP contribution >= 0.6 is 15.9 Å². The molecule has 0 atom stereocenters. The Bertz CT molecular complexity index is 760. The predicted molar refractivity (Wildman–Crippen MR) is 101 cm³/mol. The first-order chi connectivity index (χ1) is 12.1. The van der Waals surface area contributed by atoms with Crippen molar-refractivity contribution in [1.82, 2.24) is 5.43 Å². The fraction of sp³-hybridized carbons (Fsp3) is 0.167. The number of nitrogens with zero attached hydrogens (tertiary/aromatic N) is 1. The Morgan fingerprint density at radius 2 is 1.84 bits per heavy atom. The van der Waals surface area contributed by atoms with Crippen molar-refractivity contribution in [3.8, 4) is 5.75 Å². The van der Waals surface area contributed by atoms with Crippen molar-refractivity contribution < 1.29 is 14.3 Å². The third kappa shape index (κ3) is 6.76. The number of anilines is 1. The van der Waals surface area contributed by atoms with Gasteiger partial charge in [0.2, 0.25) is 11.8 Å². The maximum absolute atomic E-state index is 11.8. The molecule has 0 aliphatic rings. The summed E-state index contributed by atoms with van der Waals surface area (Å²) in [6.07, 6.45) is 1.65. The minimum Gasteiger partial charge on any atom is -0.497 e. The van der Waals surface area contributed by atoms with E-state index in [-0.39, 0.29) is 24.7 Å². The Morgan fingerprint density at radius 1 is 1.12 bits per heavy atom. The van der Waals surface area contributed by atoms with Gasteiger partial charge in [-0.1, -0.05) is 28.1 Å².